The van der Waals surface area contributed by atoms with Gasteiger partial charge in [-0.25, -0.2) is 0 Å². The number of aliphatic imine (C=N–C) groups is 1. The summed E-state index contributed by atoms with van der Waals surface area (Å²) in [6.07, 6.45) is 2.85. The van der Waals surface area contributed by atoms with Gasteiger partial charge < -0.3 is 15.5 Å². The van der Waals surface area contributed by atoms with Crippen LogP contribution in [0, 0.1) is 0 Å². The van der Waals surface area contributed by atoms with Gasteiger partial charge in [0.2, 0.25) is 5.91 Å². The standard InChI is InChI=1S/C15H16Br2N4O2/c1-8(22)19-15-18-4-3-13(20-15)10-7-21(23-2)14-6-12(17)11(16)5-9(10)14/h5-7,13H,3-4H2,1-2H3,(H2,18,19,20,22). The lowest BCUT2D eigenvalue weighted by atomic mass is 10.0. The van der Waals surface area contributed by atoms with E-state index in [4.69, 9.17) is 4.84 Å². The molecule has 0 saturated carbocycles. The molecule has 1 saturated heterocycles. The molecule has 0 bridgehead atoms. The summed E-state index contributed by atoms with van der Waals surface area (Å²) in [7, 11) is 1.64. The molecule has 1 atom stereocenters. The van der Waals surface area contributed by atoms with E-state index in [9.17, 15) is 4.79 Å². The summed E-state index contributed by atoms with van der Waals surface area (Å²) in [6, 6.07) is 4.13. The number of benzene rings is 1. The van der Waals surface area contributed by atoms with Crippen molar-refractivity contribution in [2.24, 2.45) is 4.99 Å². The largest absolute Gasteiger partial charge is 0.417 e. The van der Waals surface area contributed by atoms with E-state index in [1.165, 1.54) is 6.92 Å². The molecule has 2 heterocycles. The molecule has 6 nitrogen and oxygen atoms in total. The smallest absolute Gasteiger partial charge is 0.245 e. The van der Waals surface area contributed by atoms with Crippen LogP contribution in [-0.2, 0) is 4.79 Å². The molecular weight excluding hydrogens is 428 g/mol. The average molecular weight is 444 g/mol. The molecule has 1 aliphatic heterocycles. The molecule has 1 aromatic carbocycles. The lowest BCUT2D eigenvalue weighted by molar-refractivity contribution is -0.115. The van der Waals surface area contributed by atoms with Crippen molar-refractivity contribution in [3.05, 3.63) is 32.8 Å². The quantitative estimate of drug-likeness (QED) is 0.748. The van der Waals surface area contributed by atoms with Crippen molar-refractivity contribution in [2.75, 3.05) is 13.7 Å². The van der Waals surface area contributed by atoms with E-state index in [-0.39, 0.29) is 11.9 Å². The molecular formula is C15H16Br2N4O2. The van der Waals surface area contributed by atoms with Gasteiger partial charge in [-0.15, -0.1) is 0 Å². The zero-order valence-electron chi connectivity index (χ0n) is 12.7. The molecule has 122 valence electrons. The van der Waals surface area contributed by atoms with E-state index in [1.807, 2.05) is 12.3 Å². The SMILES string of the molecule is COn1cc(C2CCNC(=NC(C)=O)N2)c2cc(Br)c(Br)cc21. The Labute approximate surface area is 150 Å². The molecule has 8 heteroatoms. The van der Waals surface area contributed by atoms with Crippen LogP contribution in [-0.4, -0.2) is 30.3 Å². The molecule has 1 aliphatic rings. The molecule has 23 heavy (non-hydrogen) atoms. The Hall–Kier alpha value is -1.54. The number of rotatable bonds is 2. The van der Waals surface area contributed by atoms with Crippen LogP contribution in [0.5, 0.6) is 0 Å². The van der Waals surface area contributed by atoms with Gasteiger partial charge in [0.25, 0.3) is 0 Å². The van der Waals surface area contributed by atoms with Crippen LogP contribution in [0.15, 0.2) is 32.3 Å². The van der Waals surface area contributed by atoms with Crippen molar-refractivity contribution >= 4 is 54.6 Å². The third-order valence-electron chi connectivity index (χ3n) is 3.72. The Kier molecular flexibility index (Phi) is 4.63. The first-order valence-electron chi connectivity index (χ1n) is 7.13. The molecule has 3 rings (SSSR count). The lowest BCUT2D eigenvalue weighted by Crippen LogP contribution is -2.46. The summed E-state index contributed by atoms with van der Waals surface area (Å²) in [4.78, 5) is 20.6. The van der Waals surface area contributed by atoms with Gasteiger partial charge in [0.05, 0.1) is 17.8 Å². The van der Waals surface area contributed by atoms with E-state index in [0.717, 1.165) is 38.4 Å². The molecule has 1 fully saturated rings. The number of hydrogen-bond donors (Lipinski definition) is 2. The Balaban J connectivity index is 2.05. The fourth-order valence-corrected chi connectivity index (χ4v) is 3.40. The predicted octanol–water partition coefficient (Wildman–Crippen LogP) is 2.75. The van der Waals surface area contributed by atoms with E-state index in [2.05, 4.69) is 53.6 Å². The number of nitrogens with zero attached hydrogens (tertiary/aromatic N) is 2. The third kappa shape index (κ3) is 3.23. The zero-order valence-corrected chi connectivity index (χ0v) is 15.9. The van der Waals surface area contributed by atoms with E-state index < -0.39 is 0 Å². The van der Waals surface area contributed by atoms with Crippen LogP contribution in [0.4, 0.5) is 0 Å². The Morgan fingerprint density at radius 3 is 2.83 bits per heavy atom. The number of nitrogens with one attached hydrogen (secondary N) is 2. The summed E-state index contributed by atoms with van der Waals surface area (Å²) >= 11 is 7.08. The maximum atomic E-state index is 11.2. The molecule has 1 amide bonds. The highest BCUT2D eigenvalue weighted by atomic mass is 79.9. The first kappa shape index (κ1) is 16.3. The van der Waals surface area contributed by atoms with Crippen molar-refractivity contribution in [3.63, 3.8) is 0 Å². The highest BCUT2D eigenvalue weighted by Gasteiger charge is 2.23. The summed E-state index contributed by atoms with van der Waals surface area (Å²) < 4.78 is 3.68. The molecule has 2 aromatic rings. The Morgan fingerprint density at radius 1 is 1.39 bits per heavy atom. The van der Waals surface area contributed by atoms with Gasteiger partial charge in [-0.05, 0) is 50.4 Å². The number of guanidine groups is 1. The predicted molar refractivity (Wildman–Crippen MR) is 96.5 cm³/mol. The highest BCUT2D eigenvalue weighted by molar-refractivity contribution is 9.13. The fourth-order valence-electron chi connectivity index (χ4n) is 2.73. The van der Waals surface area contributed by atoms with Crippen molar-refractivity contribution in [3.8, 4) is 0 Å². The van der Waals surface area contributed by atoms with E-state index in [0.29, 0.717) is 5.96 Å². The number of carbonyl (C=O) groups is 1. The minimum Gasteiger partial charge on any atom is -0.417 e. The number of fused-ring (bicyclic) bond motifs is 1. The van der Waals surface area contributed by atoms with E-state index >= 15 is 0 Å². The number of amides is 1. The first-order chi connectivity index (χ1) is 11.0. The summed E-state index contributed by atoms with van der Waals surface area (Å²) in [6.45, 7) is 2.19. The van der Waals surface area contributed by atoms with Crippen LogP contribution in [0.2, 0.25) is 0 Å². The maximum absolute atomic E-state index is 11.2. The Morgan fingerprint density at radius 2 is 2.13 bits per heavy atom. The number of halogens is 2. The minimum absolute atomic E-state index is 0.0568. The second-order valence-corrected chi connectivity index (χ2v) is 6.98. The van der Waals surface area contributed by atoms with E-state index in [1.54, 1.807) is 11.8 Å². The van der Waals surface area contributed by atoms with Gasteiger partial charge >= 0.3 is 0 Å². The third-order valence-corrected chi connectivity index (χ3v) is 5.57. The van der Waals surface area contributed by atoms with Crippen LogP contribution in [0.3, 0.4) is 0 Å². The first-order valence-corrected chi connectivity index (χ1v) is 8.72. The van der Waals surface area contributed by atoms with Crippen molar-refractivity contribution < 1.29 is 9.63 Å². The molecule has 0 radical (unpaired) electrons. The fraction of sp³-hybridized carbons (Fsp3) is 0.333. The van der Waals surface area contributed by atoms with Gasteiger partial charge in [-0.3, -0.25) is 4.79 Å². The second-order valence-electron chi connectivity index (χ2n) is 5.27. The maximum Gasteiger partial charge on any atom is 0.245 e. The Bertz CT molecular complexity index is 800. The molecule has 2 N–H and O–H groups in total. The van der Waals surface area contributed by atoms with Crippen LogP contribution < -0.4 is 15.5 Å². The number of hydrogen-bond acceptors (Lipinski definition) is 2. The lowest BCUT2D eigenvalue weighted by Gasteiger charge is -2.26. The summed E-state index contributed by atoms with van der Waals surface area (Å²) in [5.41, 5.74) is 2.08. The van der Waals surface area contributed by atoms with Gasteiger partial charge in [0, 0.05) is 33.4 Å². The van der Waals surface area contributed by atoms with Crippen LogP contribution in [0.25, 0.3) is 10.9 Å². The summed E-state index contributed by atoms with van der Waals surface area (Å²) in [5.74, 6) is 0.287. The van der Waals surface area contributed by atoms with Gasteiger partial charge in [-0.1, -0.05) is 0 Å². The van der Waals surface area contributed by atoms with Crippen LogP contribution >= 0.6 is 31.9 Å². The van der Waals surface area contributed by atoms with Gasteiger partial charge in [-0.2, -0.15) is 9.72 Å². The van der Waals surface area contributed by atoms with Gasteiger partial charge in [0.15, 0.2) is 5.96 Å². The topological polar surface area (TPSA) is 67.6 Å². The average Bonchev–Trinajstić information content (AvgIpc) is 2.85. The van der Waals surface area contributed by atoms with Crippen molar-refractivity contribution in [1.29, 1.82) is 0 Å². The van der Waals surface area contributed by atoms with Crippen LogP contribution in [0.1, 0.15) is 24.9 Å². The van der Waals surface area contributed by atoms with Crippen molar-refractivity contribution in [1.82, 2.24) is 15.4 Å². The number of aromatic nitrogens is 1. The number of carbonyl (C=O) groups excluding carboxylic acids is 1. The highest BCUT2D eigenvalue weighted by Crippen LogP contribution is 2.34. The monoisotopic (exact) mass is 442 g/mol. The molecule has 0 aliphatic carbocycles. The molecule has 1 aromatic heterocycles. The molecule has 1 unspecified atom stereocenters. The minimum atomic E-state index is -0.230. The summed E-state index contributed by atoms with van der Waals surface area (Å²) in [5, 5.41) is 7.48. The normalized spacial score (nSPS) is 19.5. The van der Waals surface area contributed by atoms with Gasteiger partial charge in [0.1, 0.15) is 7.11 Å². The zero-order chi connectivity index (χ0) is 16.6. The molecule has 0 spiro atoms. The van der Waals surface area contributed by atoms with Crippen molar-refractivity contribution in [2.45, 2.75) is 19.4 Å². The second kappa shape index (κ2) is 6.52.